The lowest BCUT2D eigenvalue weighted by Gasteiger charge is -2.10. The molecule has 0 amide bonds. The second-order valence-corrected chi connectivity index (χ2v) is 3.51. The van der Waals surface area contributed by atoms with E-state index in [1.807, 2.05) is 13.8 Å². The molecule has 0 aliphatic heterocycles. The van der Waals surface area contributed by atoms with Gasteiger partial charge >= 0.3 is 5.97 Å². The van der Waals surface area contributed by atoms with E-state index in [4.69, 9.17) is 5.73 Å². The van der Waals surface area contributed by atoms with Crippen LogP contribution in [0.2, 0.25) is 0 Å². The minimum absolute atomic E-state index is 0.0102. The molecule has 0 heterocycles. The standard InChI is InChI=1S/C11H19NO2/c1-8(2)10(12)6-5-9(3)7-11(13)14-4/h7,10H,1,5-6,12H2,2-4H3. The fourth-order valence-electron chi connectivity index (χ4n) is 0.962. The Kier molecular flexibility index (Phi) is 5.88. The fraction of sp³-hybridized carbons (Fsp3) is 0.545. The van der Waals surface area contributed by atoms with Gasteiger partial charge < -0.3 is 10.5 Å². The highest BCUT2D eigenvalue weighted by Gasteiger charge is 2.03. The van der Waals surface area contributed by atoms with Gasteiger partial charge in [0.05, 0.1) is 7.11 Å². The summed E-state index contributed by atoms with van der Waals surface area (Å²) in [6.07, 6.45) is 3.10. The summed E-state index contributed by atoms with van der Waals surface area (Å²) >= 11 is 0. The molecule has 0 radical (unpaired) electrons. The summed E-state index contributed by atoms with van der Waals surface area (Å²) in [4.78, 5) is 10.9. The summed E-state index contributed by atoms with van der Waals surface area (Å²) in [7, 11) is 1.37. The van der Waals surface area contributed by atoms with Crippen molar-refractivity contribution in [3.8, 4) is 0 Å². The summed E-state index contributed by atoms with van der Waals surface area (Å²) in [5.74, 6) is -0.314. The van der Waals surface area contributed by atoms with Crippen LogP contribution >= 0.6 is 0 Å². The molecular formula is C11H19NO2. The van der Waals surface area contributed by atoms with Crippen molar-refractivity contribution >= 4 is 5.97 Å². The predicted octanol–water partition coefficient (Wildman–Crippen LogP) is 1.79. The normalized spacial score (nSPS) is 13.6. The number of rotatable bonds is 5. The zero-order valence-electron chi connectivity index (χ0n) is 9.17. The average Bonchev–Trinajstić information content (AvgIpc) is 2.13. The monoisotopic (exact) mass is 197 g/mol. The Morgan fingerprint density at radius 2 is 2.14 bits per heavy atom. The van der Waals surface area contributed by atoms with Gasteiger partial charge in [-0.05, 0) is 26.7 Å². The number of carbonyl (C=O) groups excluding carboxylic acids is 1. The first-order valence-electron chi connectivity index (χ1n) is 4.63. The van der Waals surface area contributed by atoms with Crippen molar-refractivity contribution in [3.63, 3.8) is 0 Å². The molecule has 80 valence electrons. The number of allylic oxidation sites excluding steroid dienone is 1. The van der Waals surface area contributed by atoms with E-state index in [-0.39, 0.29) is 12.0 Å². The Morgan fingerprint density at radius 1 is 1.57 bits per heavy atom. The molecule has 0 spiro atoms. The van der Waals surface area contributed by atoms with Crippen molar-refractivity contribution < 1.29 is 9.53 Å². The molecule has 3 heteroatoms. The molecule has 0 saturated heterocycles. The molecule has 2 N–H and O–H groups in total. The van der Waals surface area contributed by atoms with Gasteiger partial charge in [-0.1, -0.05) is 17.7 Å². The van der Waals surface area contributed by atoms with Crippen molar-refractivity contribution in [1.82, 2.24) is 0 Å². The third kappa shape index (κ3) is 5.54. The van der Waals surface area contributed by atoms with Gasteiger partial charge in [-0.3, -0.25) is 0 Å². The number of esters is 1. The highest BCUT2D eigenvalue weighted by molar-refractivity contribution is 5.82. The second kappa shape index (κ2) is 6.38. The Labute approximate surface area is 85.6 Å². The molecule has 0 rings (SSSR count). The van der Waals surface area contributed by atoms with E-state index < -0.39 is 0 Å². The molecule has 0 fully saturated rings. The van der Waals surface area contributed by atoms with Gasteiger partial charge in [0, 0.05) is 12.1 Å². The number of hydrogen-bond donors (Lipinski definition) is 1. The van der Waals surface area contributed by atoms with Crippen LogP contribution in [0.15, 0.2) is 23.8 Å². The van der Waals surface area contributed by atoms with Crippen molar-refractivity contribution in [2.75, 3.05) is 7.11 Å². The molecule has 0 aromatic rings. The Hall–Kier alpha value is -1.09. The molecule has 0 saturated carbocycles. The number of hydrogen-bond acceptors (Lipinski definition) is 3. The third-order valence-electron chi connectivity index (χ3n) is 2.05. The maximum atomic E-state index is 10.9. The zero-order chi connectivity index (χ0) is 11.1. The first kappa shape index (κ1) is 12.9. The van der Waals surface area contributed by atoms with Crippen molar-refractivity contribution in [3.05, 3.63) is 23.8 Å². The molecule has 14 heavy (non-hydrogen) atoms. The molecule has 3 nitrogen and oxygen atoms in total. The van der Waals surface area contributed by atoms with E-state index in [0.29, 0.717) is 0 Å². The first-order chi connectivity index (χ1) is 6.47. The maximum absolute atomic E-state index is 10.9. The summed E-state index contributed by atoms with van der Waals surface area (Å²) < 4.78 is 4.51. The summed E-state index contributed by atoms with van der Waals surface area (Å²) in [5, 5.41) is 0. The number of carbonyl (C=O) groups is 1. The van der Waals surface area contributed by atoms with Gasteiger partial charge in [0.2, 0.25) is 0 Å². The quantitative estimate of drug-likeness (QED) is 0.415. The maximum Gasteiger partial charge on any atom is 0.330 e. The van der Waals surface area contributed by atoms with E-state index in [1.165, 1.54) is 13.2 Å². The lowest BCUT2D eigenvalue weighted by Crippen LogP contribution is -2.20. The Bertz CT molecular complexity index is 244. The van der Waals surface area contributed by atoms with Crippen LogP contribution in [0.25, 0.3) is 0 Å². The second-order valence-electron chi connectivity index (χ2n) is 3.51. The van der Waals surface area contributed by atoms with Gasteiger partial charge in [0.25, 0.3) is 0 Å². The molecule has 0 aliphatic carbocycles. The lowest BCUT2D eigenvalue weighted by molar-refractivity contribution is -0.134. The van der Waals surface area contributed by atoms with E-state index in [0.717, 1.165) is 24.0 Å². The smallest absolute Gasteiger partial charge is 0.330 e. The summed E-state index contributed by atoms with van der Waals surface area (Å²) in [5.41, 5.74) is 7.73. The lowest BCUT2D eigenvalue weighted by atomic mass is 10.0. The number of nitrogens with two attached hydrogens (primary N) is 1. The molecule has 1 atom stereocenters. The SMILES string of the molecule is C=C(C)C(N)CCC(C)=CC(=O)OC. The number of ether oxygens (including phenoxy) is 1. The van der Waals surface area contributed by atoms with Crippen LogP contribution in [0.3, 0.4) is 0 Å². The van der Waals surface area contributed by atoms with Crippen LogP contribution in [-0.2, 0) is 9.53 Å². The largest absolute Gasteiger partial charge is 0.466 e. The Balaban J connectivity index is 3.96. The fourth-order valence-corrected chi connectivity index (χ4v) is 0.962. The average molecular weight is 197 g/mol. The molecule has 0 bridgehead atoms. The van der Waals surface area contributed by atoms with E-state index in [1.54, 1.807) is 0 Å². The summed E-state index contributed by atoms with van der Waals surface area (Å²) in [6, 6.07) is 0.0102. The van der Waals surface area contributed by atoms with Gasteiger partial charge in [0.1, 0.15) is 0 Å². The van der Waals surface area contributed by atoms with Crippen molar-refractivity contribution in [2.24, 2.45) is 5.73 Å². The van der Waals surface area contributed by atoms with E-state index in [9.17, 15) is 4.79 Å². The number of methoxy groups -OCH3 is 1. The van der Waals surface area contributed by atoms with Gasteiger partial charge in [-0.25, -0.2) is 4.79 Å². The van der Waals surface area contributed by atoms with Crippen LogP contribution in [0, 0.1) is 0 Å². The summed E-state index contributed by atoms with van der Waals surface area (Å²) in [6.45, 7) is 7.57. The van der Waals surface area contributed by atoms with Gasteiger partial charge in [-0.15, -0.1) is 0 Å². The third-order valence-corrected chi connectivity index (χ3v) is 2.05. The van der Waals surface area contributed by atoms with Crippen LogP contribution in [0.1, 0.15) is 26.7 Å². The van der Waals surface area contributed by atoms with Crippen LogP contribution < -0.4 is 5.73 Å². The van der Waals surface area contributed by atoms with E-state index in [2.05, 4.69) is 11.3 Å². The van der Waals surface area contributed by atoms with Crippen LogP contribution in [0.4, 0.5) is 0 Å². The highest BCUT2D eigenvalue weighted by atomic mass is 16.5. The predicted molar refractivity (Wildman–Crippen MR) is 57.8 cm³/mol. The van der Waals surface area contributed by atoms with Gasteiger partial charge in [0.15, 0.2) is 0 Å². The first-order valence-corrected chi connectivity index (χ1v) is 4.63. The van der Waals surface area contributed by atoms with Gasteiger partial charge in [-0.2, -0.15) is 0 Å². The highest BCUT2D eigenvalue weighted by Crippen LogP contribution is 2.09. The van der Waals surface area contributed by atoms with Crippen molar-refractivity contribution in [1.29, 1.82) is 0 Å². The molecular weight excluding hydrogens is 178 g/mol. The molecule has 0 aliphatic rings. The van der Waals surface area contributed by atoms with Crippen molar-refractivity contribution in [2.45, 2.75) is 32.7 Å². The Morgan fingerprint density at radius 3 is 2.57 bits per heavy atom. The van der Waals surface area contributed by atoms with E-state index >= 15 is 0 Å². The molecule has 0 aromatic heterocycles. The van der Waals surface area contributed by atoms with Crippen LogP contribution in [0.5, 0.6) is 0 Å². The minimum Gasteiger partial charge on any atom is -0.466 e. The minimum atomic E-state index is -0.314. The van der Waals surface area contributed by atoms with Crippen LogP contribution in [-0.4, -0.2) is 19.1 Å². The topological polar surface area (TPSA) is 52.3 Å². The molecule has 1 unspecified atom stereocenters. The zero-order valence-corrected chi connectivity index (χ0v) is 9.17. The molecule has 0 aromatic carbocycles.